The number of likely N-dealkylation sites (N-methyl/N-ethyl adjacent to an activating group) is 1. The molecule has 1 aromatic rings. The Labute approximate surface area is 105 Å². The summed E-state index contributed by atoms with van der Waals surface area (Å²) in [4.78, 5) is 4.44. The van der Waals surface area contributed by atoms with Crippen molar-refractivity contribution in [3.05, 3.63) is 24.0 Å². The van der Waals surface area contributed by atoms with Crippen LogP contribution in [-0.4, -0.2) is 24.2 Å². The average molecular weight is 236 g/mol. The number of pyridine rings is 1. The molecule has 0 saturated carbocycles. The molecular weight excluding hydrogens is 212 g/mol. The number of rotatable bonds is 7. The van der Waals surface area contributed by atoms with E-state index in [1.54, 1.807) is 0 Å². The van der Waals surface area contributed by atoms with Gasteiger partial charge in [-0.25, -0.2) is 0 Å². The SMILES string of the molecule is CCCC(Cc1ccc(OC(C)C)cn1)NC. The van der Waals surface area contributed by atoms with Crippen molar-refractivity contribution >= 4 is 0 Å². The predicted molar refractivity (Wildman–Crippen MR) is 71.5 cm³/mol. The molecule has 1 heterocycles. The van der Waals surface area contributed by atoms with E-state index in [0.29, 0.717) is 6.04 Å². The van der Waals surface area contributed by atoms with Gasteiger partial charge in [-0.2, -0.15) is 0 Å². The zero-order valence-electron chi connectivity index (χ0n) is 11.4. The van der Waals surface area contributed by atoms with Crippen LogP contribution >= 0.6 is 0 Å². The first kappa shape index (κ1) is 14.0. The summed E-state index contributed by atoms with van der Waals surface area (Å²) in [5, 5.41) is 3.33. The van der Waals surface area contributed by atoms with E-state index in [1.807, 2.05) is 33.2 Å². The molecule has 1 atom stereocenters. The highest BCUT2D eigenvalue weighted by atomic mass is 16.5. The fraction of sp³-hybridized carbons (Fsp3) is 0.643. The lowest BCUT2D eigenvalue weighted by Gasteiger charge is -2.15. The van der Waals surface area contributed by atoms with Crippen molar-refractivity contribution in [1.29, 1.82) is 0 Å². The van der Waals surface area contributed by atoms with Crippen molar-refractivity contribution < 1.29 is 4.74 Å². The quantitative estimate of drug-likeness (QED) is 0.790. The fourth-order valence-electron chi connectivity index (χ4n) is 1.82. The lowest BCUT2D eigenvalue weighted by molar-refractivity contribution is 0.241. The molecule has 0 aromatic carbocycles. The summed E-state index contributed by atoms with van der Waals surface area (Å²) in [6.07, 6.45) is 5.37. The van der Waals surface area contributed by atoms with Gasteiger partial charge in [0.05, 0.1) is 12.3 Å². The molecule has 1 rings (SSSR count). The third kappa shape index (κ3) is 5.18. The Morgan fingerprint density at radius 2 is 2.12 bits per heavy atom. The summed E-state index contributed by atoms with van der Waals surface area (Å²) >= 11 is 0. The van der Waals surface area contributed by atoms with Crippen molar-refractivity contribution in [3.8, 4) is 5.75 Å². The van der Waals surface area contributed by atoms with Crippen LogP contribution in [0, 0.1) is 0 Å². The molecule has 0 saturated heterocycles. The molecule has 0 radical (unpaired) electrons. The van der Waals surface area contributed by atoms with Crippen molar-refractivity contribution in [2.24, 2.45) is 0 Å². The largest absolute Gasteiger partial charge is 0.489 e. The van der Waals surface area contributed by atoms with Crippen LogP contribution < -0.4 is 10.1 Å². The molecule has 0 aliphatic carbocycles. The van der Waals surface area contributed by atoms with Gasteiger partial charge in [-0.3, -0.25) is 4.98 Å². The first-order valence-electron chi connectivity index (χ1n) is 6.44. The molecule has 17 heavy (non-hydrogen) atoms. The van der Waals surface area contributed by atoms with Gasteiger partial charge in [0.1, 0.15) is 5.75 Å². The van der Waals surface area contributed by atoms with Gasteiger partial charge in [0.25, 0.3) is 0 Å². The Kier molecular flexibility index (Phi) is 5.98. The topological polar surface area (TPSA) is 34.1 Å². The minimum Gasteiger partial charge on any atom is -0.489 e. The zero-order valence-corrected chi connectivity index (χ0v) is 11.4. The Hall–Kier alpha value is -1.09. The predicted octanol–water partition coefficient (Wildman–Crippen LogP) is 2.80. The number of hydrogen-bond donors (Lipinski definition) is 1. The summed E-state index contributed by atoms with van der Waals surface area (Å²) in [5.41, 5.74) is 1.12. The highest BCUT2D eigenvalue weighted by Gasteiger charge is 2.07. The zero-order chi connectivity index (χ0) is 12.7. The van der Waals surface area contributed by atoms with Crippen LogP contribution in [0.4, 0.5) is 0 Å². The summed E-state index contributed by atoms with van der Waals surface area (Å²) in [6, 6.07) is 4.57. The Morgan fingerprint density at radius 3 is 2.59 bits per heavy atom. The molecule has 0 spiro atoms. The standard InChI is InChI=1S/C14H24N2O/c1-5-6-12(15-4)9-13-7-8-14(10-16-13)17-11(2)3/h7-8,10-12,15H,5-6,9H2,1-4H3. The molecule has 1 aromatic heterocycles. The van der Waals surface area contributed by atoms with Crippen LogP contribution in [-0.2, 0) is 6.42 Å². The molecule has 0 fully saturated rings. The second kappa shape index (κ2) is 7.28. The number of nitrogens with zero attached hydrogens (tertiary/aromatic N) is 1. The van der Waals surface area contributed by atoms with Crippen LogP contribution in [0.1, 0.15) is 39.3 Å². The third-order valence-corrected chi connectivity index (χ3v) is 2.67. The monoisotopic (exact) mass is 236 g/mol. The van der Waals surface area contributed by atoms with E-state index in [-0.39, 0.29) is 6.10 Å². The molecule has 0 bridgehead atoms. The molecule has 0 amide bonds. The maximum Gasteiger partial charge on any atom is 0.137 e. The van der Waals surface area contributed by atoms with E-state index in [9.17, 15) is 0 Å². The van der Waals surface area contributed by atoms with E-state index in [1.165, 1.54) is 12.8 Å². The Balaban J connectivity index is 2.54. The van der Waals surface area contributed by atoms with Gasteiger partial charge >= 0.3 is 0 Å². The average Bonchev–Trinajstić information content (AvgIpc) is 2.30. The Morgan fingerprint density at radius 1 is 1.35 bits per heavy atom. The van der Waals surface area contributed by atoms with Gasteiger partial charge < -0.3 is 10.1 Å². The number of nitrogens with one attached hydrogen (secondary N) is 1. The van der Waals surface area contributed by atoms with E-state index < -0.39 is 0 Å². The van der Waals surface area contributed by atoms with Gasteiger partial charge in [0.15, 0.2) is 0 Å². The maximum atomic E-state index is 5.57. The van der Waals surface area contributed by atoms with Crippen LogP contribution in [0.15, 0.2) is 18.3 Å². The molecule has 1 N–H and O–H groups in total. The van der Waals surface area contributed by atoms with Crippen molar-refractivity contribution in [3.63, 3.8) is 0 Å². The number of ether oxygens (including phenoxy) is 1. The van der Waals surface area contributed by atoms with Crippen LogP contribution in [0.2, 0.25) is 0 Å². The van der Waals surface area contributed by atoms with Gasteiger partial charge in [-0.15, -0.1) is 0 Å². The van der Waals surface area contributed by atoms with E-state index in [4.69, 9.17) is 4.74 Å². The summed E-state index contributed by atoms with van der Waals surface area (Å²) in [5.74, 6) is 0.847. The first-order valence-corrected chi connectivity index (χ1v) is 6.44. The van der Waals surface area contributed by atoms with Gasteiger partial charge in [-0.1, -0.05) is 13.3 Å². The first-order chi connectivity index (χ1) is 8.15. The molecule has 3 heteroatoms. The molecule has 0 aliphatic rings. The summed E-state index contributed by atoms with van der Waals surface area (Å²) in [7, 11) is 2.01. The summed E-state index contributed by atoms with van der Waals surface area (Å²) < 4.78 is 5.57. The van der Waals surface area contributed by atoms with Gasteiger partial charge in [-0.05, 0) is 39.4 Å². The maximum absolute atomic E-state index is 5.57. The summed E-state index contributed by atoms with van der Waals surface area (Å²) in [6.45, 7) is 6.25. The molecule has 3 nitrogen and oxygen atoms in total. The molecule has 0 aliphatic heterocycles. The lowest BCUT2D eigenvalue weighted by atomic mass is 10.1. The van der Waals surface area contributed by atoms with Gasteiger partial charge in [0, 0.05) is 18.2 Å². The molecular formula is C14H24N2O. The lowest BCUT2D eigenvalue weighted by Crippen LogP contribution is -2.27. The number of hydrogen-bond acceptors (Lipinski definition) is 3. The minimum absolute atomic E-state index is 0.202. The van der Waals surface area contributed by atoms with Crippen molar-refractivity contribution in [2.45, 2.75) is 52.2 Å². The highest BCUT2D eigenvalue weighted by molar-refractivity contribution is 5.20. The van der Waals surface area contributed by atoms with Gasteiger partial charge in [0.2, 0.25) is 0 Å². The second-order valence-electron chi connectivity index (χ2n) is 4.63. The molecule has 96 valence electrons. The van der Waals surface area contributed by atoms with Crippen LogP contribution in [0.3, 0.4) is 0 Å². The minimum atomic E-state index is 0.202. The van der Waals surface area contributed by atoms with Crippen LogP contribution in [0.5, 0.6) is 5.75 Å². The van der Waals surface area contributed by atoms with E-state index in [2.05, 4.69) is 23.3 Å². The molecule has 1 unspecified atom stereocenters. The smallest absolute Gasteiger partial charge is 0.137 e. The second-order valence-corrected chi connectivity index (χ2v) is 4.63. The highest BCUT2D eigenvalue weighted by Crippen LogP contribution is 2.13. The normalized spacial score (nSPS) is 12.8. The Bertz CT molecular complexity index is 309. The van der Waals surface area contributed by atoms with Crippen molar-refractivity contribution in [1.82, 2.24) is 10.3 Å². The fourth-order valence-corrected chi connectivity index (χ4v) is 1.82. The van der Waals surface area contributed by atoms with E-state index >= 15 is 0 Å². The van der Waals surface area contributed by atoms with Crippen LogP contribution in [0.25, 0.3) is 0 Å². The van der Waals surface area contributed by atoms with Crippen molar-refractivity contribution in [2.75, 3.05) is 7.05 Å². The number of aromatic nitrogens is 1. The third-order valence-electron chi connectivity index (χ3n) is 2.67. The van der Waals surface area contributed by atoms with E-state index in [0.717, 1.165) is 17.9 Å².